The highest BCUT2D eigenvalue weighted by Crippen LogP contribution is 2.14. The van der Waals surface area contributed by atoms with Crippen molar-refractivity contribution in [2.24, 2.45) is 0 Å². The average Bonchev–Trinajstić information content (AvgIpc) is 2.35. The first-order valence-corrected chi connectivity index (χ1v) is 7.48. The van der Waals surface area contributed by atoms with E-state index in [4.69, 9.17) is 11.6 Å². The van der Waals surface area contributed by atoms with Crippen LogP contribution in [0.3, 0.4) is 0 Å². The van der Waals surface area contributed by atoms with Crippen LogP contribution in [0.1, 0.15) is 0 Å². The maximum absolute atomic E-state index is 11.9. The van der Waals surface area contributed by atoms with Crippen LogP contribution in [0.4, 0.5) is 0 Å². The topological polar surface area (TPSA) is 87.3 Å². The Kier molecular flexibility index (Phi) is 6.23. The molecule has 0 fully saturated rings. The Hall–Kier alpha value is -1.15. The number of carbonyl (C=O) groups is 1. The molecule has 1 aromatic carbocycles. The molecule has 0 unspecified atom stereocenters. The molecule has 0 heterocycles. The number of hydrogen-bond acceptors (Lipinski definition) is 4. The van der Waals surface area contributed by atoms with Crippen LogP contribution in [0.15, 0.2) is 29.2 Å². The van der Waals surface area contributed by atoms with E-state index in [9.17, 15) is 13.2 Å². The molecule has 0 aromatic heterocycles. The molecular formula is C11H16ClN3O3S. The van der Waals surface area contributed by atoms with Crippen LogP contribution in [0.5, 0.6) is 0 Å². The lowest BCUT2D eigenvalue weighted by Crippen LogP contribution is -2.38. The molecule has 0 atom stereocenters. The molecule has 0 spiro atoms. The molecule has 6 nitrogen and oxygen atoms in total. The molecule has 1 aromatic rings. The van der Waals surface area contributed by atoms with Gasteiger partial charge in [-0.1, -0.05) is 17.7 Å². The van der Waals surface area contributed by atoms with E-state index < -0.39 is 10.0 Å². The third-order valence-corrected chi connectivity index (χ3v) is 3.88. The van der Waals surface area contributed by atoms with E-state index in [1.807, 2.05) is 0 Å². The molecule has 0 saturated carbocycles. The van der Waals surface area contributed by atoms with Gasteiger partial charge in [-0.15, -0.1) is 0 Å². The molecule has 0 saturated heterocycles. The molecule has 1 amide bonds. The zero-order valence-corrected chi connectivity index (χ0v) is 12.0. The number of likely N-dealkylation sites (N-methyl/N-ethyl adjacent to an activating group) is 1. The lowest BCUT2D eigenvalue weighted by Gasteiger charge is -2.08. The van der Waals surface area contributed by atoms with Gasteiger partial charge in [0.25, 0.3) is 0 Å². The van der Waals surface area contributed by atoms with Gasteiger partial charge in [0.15, 0.2) is 0 Å². The summed E-state index contributed by atoms with van der Waals surface area (Å²) >= 11 is 5.73. The first-order valence-electron chi connectivity index (χ1n) is 5.62. The second-order valence-corrected chi connectivity index (χ2v) is 5.94. The van der Waals surface area contributed by atoms with Crippen molar-refractivity contribution < 1.29 is 13.2 Å². The van der Waals surface area contributed by atoms with Crippen molar-refractivity contribution >= 4 is 27.5 Å². The summed E-state index contributed by atoms with van der Waals surface area (Å²) in [6, 6.07) is 5.97. The van der Waals surface area contributed by atoms with E-state index >= 15 is 0 Å². The van der Waals surface area contributed by atoms with Gasteiger partial charge in [0.05, 0.1) is 11.4 Å². The number of rotatable bonds is 7. The predicted molar refractivity (Wildman–Crippen MR) is 73.6 cm³/mol. The molecule has 0 bridgehead atoms. The number of carbonyl (C=O) groups excluding carboxylic acids is 1. The predicted octanol–water partition coefficient (Wildman–Crippen LogP) is -0.0461. The van der Waals surface area contributed by atoms with Crippen LogP contribution >= 0.6 is 11.6 Å². The van der Waals surface area contributed by atoms with E-state index in [0.717, 1.165) is 0 Å². The minimum atomic E-state index is -3.59. The van der Waals surface area contributed by atoms with Gasteiger partial charge < -0.3 is 10.6 Å². The summed E-state index contributed by atoms with van der Waals surface area (Å²) in [6.07, 6.45) is 0. The molecule has 0 aliphatic heterocycles. The highest BCUT2D eigenvalue weighted by molar-refractivity contribution is 7.89. The fraction of sp³-hybridized carbons (Fsp3) is 0.364. The van der Waals surface area contributed by atoms with Gasteiger partial charge in [-0.2, -0.15) is 0 Å². The standard InChI is InChI=1S/C11H16ClN3O3S/c1-13-8-11(16)14-5-6-15-19(17,18)10-4-2-3-9(12)7-10/h2-4,7,13,15H,5-6,8H2,1H3,(H,14,16). The van der Waals surface area contributed by atoms with Gasteiger partial charge in [-0.05, 0) is 25.2 Å². The minimum Gasteiger partial charge on any atom is -0.354 e. The Balaban J connectivity index is 2.46. The van der Waals surface area contributed by atoms with E-state index in [1.54, 1.807) is 19.2 Å². The van der Waals surface area contributed by atoms with Crippen molar-refractivity contribution in [2.45, 2.75) is 4.90 Å². The number of amides is 1. The quantitative estimate of drug-likeness (QED) is 0.617. The largest absolute Gasteiger partial charge is 0.354 e. The van der Waals surface area contributed by atoms with E-state index in [-0.39, 0.29) is 30.4 Å². The Morgan fingerprint density at radius 2 is 2.05 bits per heavy atom. The third kappa shape index (κ3) is 5.56. The third-order valence-electron chi connectivity index (χ3n) is 2.18. The lowest BCUT2D eigenvalue weighted by molar-refractivity contribution is -0.120. The van der Waals surface area contributed by atoms with Gasteiger partial charge >= 0.3 is 0 Å². The van der Waals surface area contributed by atoms with Crippen molar-refractivity contribution in [2.75, 3.05) is 26.7 Å². The van der Waals surface area contributed by atoms with Gasteiger partial charge in [0.2, 0.25) is 15.9 Å². The molecule has 0 aliphatic rings. The van der Waals surface area contributed by atoms with Crippen molar-refractivity contribution in [1.82, 2.24) is 15.4 Å². The fourth-order valence-electron chi connectivity index (χ4n) is 1.33. The minimum absolute atomic E-state index is 0.0987. The number of hydrogen-bond donors (Lipinski definition) is 3. The van der Waals surface area contributed by atoms with Crippen LogP contribution in [-0.2, 0) is 14.8 Å². The van der Waals surface area contributed by atoms with Crippen molar-refractivity contribution in [3.8, 4) is 0 Å². The maximum Gasteiger partial charge on any atom is 0.240 e. The molecule has 106 valence electrons. The fourth-order valence-corrected chi connectivity index (χ4v) is 2.66. The average molecular weight is 306 g/mol. The van der Waals surface area contributed by atoms with E-state index in [2.05, 4.69) is 15.4 Å². The molecule has 0 radical (unpaired) electrons. The summed E-state index contributed by atoms with van der Waals surface area (Å²) < 4.78 is 26.1. The smallest absolute Gasteiger partial charge is 0.240 e. The van der Waals surface area contributed by atoms with Crippen LogP contribution in [0.25, 0.3) is 0 Å². The summed E-state index contributed by atoms with van der Waals surface area (Å²) in [7, 11) is -1.94. The van der Waals surface area contributed by atoms with E-state index in [0.29, 0.717) is 5.02 Å². The normalized spacial score (nSPS) is 11.3. The Bertz CT molecular complexity index is 534. The first-order chi connectivity index (χ1) is 8.95. The van der Waals surface area contributed by atoms with Crippen LogP contribution in [-0.4, -0.2) is 41.0 Å². The Morgan fingerprint density at radius 1 is 1.32 bits per heavy atom. The number of nitrogens with one attached hydrogen (secondary N) is 3. The van der Waals surface area contributed by atoms with Crippen LogP contribution in [0.2, 0.25) is 5.02 Å². The summed E-state index contributed by atoms with van der Waals surface area (Å²) in [5.41, 5.74) is 0. The number of benzene rings is 1. The van der Waals surface area contributed by atoms with E-state index in [1.165, 1.54) is 12.1 Å². The van der Waals surface area contributed by atoms with Crippen LogP contribution in [0, 0.1) is 0 Å². The summed E-state index contributed by atoms with van der Waals surface area (Å²) in [5, 5.41) is 5.61. The van der Waals surface area contributed by atoms with Crippen molar-refractivity contribution in [3.05, 3.63) is 29.3 Å². The summed E-state index contributed by atoms with van der Waals surface area (Å²) in [6.45, 7) is 0.533. The number of sulfonamides is 1. The van der Waals surface area contributed by atoms with Gasteiger partial charge in [-0.3, -0.25) is 4.79 Å². The van der Waals surface area contributed by atoms with Crippen LogP contribution < -0.4 is 15.4 Å². The lowest BCUT2D eigenvalue weighted by atomic mass is 10.4. The van der Waals surface area contributed by atoms with Crippen molar-refractivity contribution in [3.63, 3.8) is 0 Å². The zero-order chi connectivity index (χ0) is 14.3. The molecule has 0 aliphatic carbocycles. The SMILES string of the molecule is CNCC(=O)NCCNS(=O)(=O)c1cccc(Cl)c1. The second-order valence-electron chi connectivity index (χ2n) is 3.74. The monoisotopic (exact) mass is 305 g/mol. The maximum atomic E-state index is 11.9. The summed E-state index contributed by atoms with van der Waals surface area (Å²) in [5.74, 6) is -0.190. The highest BCUT2D eigenvalue weighted by atomic mass is 35.5. The van der Waals surface area contributed by atoms with Gasteiger partial charge in [-0.25, -0.2) is 13.1 Å². The second kappa shape index (κ2) is 7.44. The molecular weight excluding hydrogens is 290 g/mol. The van der Waals surface area contributed by atoms with Gasteiger partial charge in [0, 0.05) is 18.1 Å². The number of halogens is 1. The molecule has 3 N–H and O–H groups in total. The highest BCUT2D eigenvalue weighted by Gasteiger charge is 2.13. The molecule has 19 heavy (non-hydrogen) atoms. The van der Waals surface area contributed by atoms with Gasteiger partial charge in [0.1, 0.15) is 0 Å². The summed E-state index contributed by atoms with van der Waals surface area (Å²) in [4.78, 5) is 11.2. The molecule has 8 heteroatoms. The van der Waals surface area contributed by atoms with Crippen molar-refractivity contribution in [1.29, 1.82) is 0 Å². The Labute approximate surface area is 117 Å². The molecule has 1 rings (SSSR count). The zero-order valence-electron chi connectivity index (χ0n) is 10.4. The Morgan fingerprint density at radius 3 is 2.68 bits per heavy atom. The first kappa shape index (κ1) is 15.9.